The van der Waals surface area contributed by atoms with E-state index in [1.165, 1.54) is 25.7 Å². The van der Waals surface area contributed by atoms with Gasteiger partial charge in [0.05, 0.1) is 6.61 Å². The van der Waals surface area contributed by atoms with Gasteiger partial charge in [-0.25, -0.2) is 0 Å². The van der Waals surface area contributed by atoms with Gasteiger partial charge in [-0.2, -0.15) is 0 Å². The average molecular weight is 693 g/mol. The molecule has 0 radical (unpaired) electrons. The molecule has 5 heteroatoms. The van der Waals surface area contributed by atoms with E-state index in [1.54, 1.807) is 0 Å². The van der Waals surface area contributed by atoms with Gasteiger partial charge >= 0.3 is 11.9 Å². The molecule has 0 rings (SSSR count). The van der Waals surface area contributed by atoms with E-state index in [0.29, 0.717) is 12.8 Å². The van der Waals surface area contributed by atoms with Crippen molar-refractivity contribution in [3.63, 3.8) is 0 Å². The maximum Gasteiger partial charge on any atom is 0.306 e. The number of hydrogen-bond donors (Lipinski definition) is 1. The lowest BCUT2D eigenvalue weighted by Crippen LogP contribution is -2.28. The van der Waals surface area contributed by atoms with Crippen LogP contribution in [-0.2, 0) is 19.1 Å². The first-order valence-electron chi connectivity index (χ1n) is 19.8. The molecule has 50 heavy (non-hydrogen) atoms. The van der Waals surface area contributed by atoms with Gasteiger partial charge in [0.2, 0.25) is 0 Å². The summed E-state index contributed by atoms with van der Waals surface area (Å²) in [6.45, 7) is 3.93. The number of ether oxygens (including phenoxy) is 2. The predicted molar refractivity (Wildman–Crippen MR) is 214 cm³/mol. The van der Waals surface area contributed by atoms with Gasteiger partial charge in [-0.1, -0.05) is 143 Å². The monoisotopic (exact) mass is 693 g/mol. The predicted octanol–water partition coefficient (Wildman–Crippen LogP) is 12.5. The van der Waals surface area contributed by atoms with Gasteiger partial charge < -0.3 is 14.6 Å². The minimum atomic E-state index is -0.804. The summed E-state index contributed by atoms with van der Waals surface area (Å²) in [5, 5.41) is 9.55. The van der Waals surface area contributed by atoms with Crippen LogP contribution in [0.2, 0.25) is 0 Å². The van der Waals surface area contributed by atoms with E-state index in [9.17, 15) is 14.7 Å². The van der Waals surface area contributed by atoms with Gasteiger partial charge in [0, 0.05) is 12.8 Å². The Bertz CT molecular complexity index is 1010. The first-order valence-corrected chi connectivity index (χ1v) is 19.8. The maximum absolute atomic E-state index is 12.2. The van der Waals surface area contributed by atoms with Crippen molar-refractivity contribution < 1.29 is 24.2 Å². The molecular weight excluding hydrogens is 620 g/mol. The summed E-state index contributed by atoms with van der Waals surface area (Å²) >= 11 is 0. The van der Waals surface area contributed by atoms with Crippen molar-refractivity contribution in [1.82, 2.24) is 0 Å². The van der Waals surface area contributed by atoms with Crippen molar-refractivity contribution in [3.05, 3.63) is 97.2 Å². The smallest absolute Gasteiger partial charge is 0.306 e. The highest BCUT2D eigenvalue weighted by molar-refractivity contribution is 5.70. The molecule has 0 saturated heterocycles. The maximum atomic E-state index is 12.2. The molecule has 1 atom stereocenters. The highest BCUT2D eigenvalue weighted by Crippen LogP contribution is 2.09. The summed E-state index contributed by atoms with van der Waals surface area (Å²) < 4.78 is 10.6. The molecule has 0 amide bonds. The van der Waals surface area contributed by atoms with Gasteiger partial charge in [-0.05, 0) is 96.3 Å². The van der Waals surface area contributed by atoms with Crippen LogP contribution >= 0.6 is 0 Å². The van der Waals surface area contributed by atoms with Crippen molar-refractivity contribution >= 4 is 11.9 Å². The lowest BCUT2D eigenvalue weighted by Gasteiger charge is -2.15. The van der Waals surface area contributed by atoms with Crippen LogP contribution in [0.15, 0.2) is 97.2 Å². The SMILES string of the molecule is CCC=CCC=CCC=CCC=CCC=CCCCCCC(=O)O[C@@H](CO)COC(=O)CCCCCCC=CCC=CCC=CCCCCC. The molecule has 0 fully saturated rings. The quantitative estimate of drug-likeness (QED) is 0.0413. The average Bonchev–Trinajstić information content (AvgIpc) is 3.12. The van der Waals surface area contributed by atoms with Gasteiger partial charge in [-0.3, -0.25) is 9.59 Å². The van der Waals surface area contributed by atoms with Crippen LogP contribution < -0.4 is 0 Å². The van der Waals surface area contributed by atoms with Crippen LogP contribution in [0.25, 0.3) is 0 Å². The Hall–Kier alpha value is -3.18. The number of unbranched alkanes of at least 4 members (excludes halogenated alkanes) is 10. The van der Waals surface area contributed by atoms with E-state index in [-0.39, 0.29) is 25.2 Å². The second-order valence-corrected chi connectivity index (χ2v) is 12.6. The van der Waals surface area contributed by atoms with Crippen LogP contribution in [0.5, 0.6) is 0 Å². The largest absolute Gasteiger partial charge is 0.462 e. The van der Waals surface area contributed by atoms with E-state index in [4.69, 9.17) is 9.47 Å². The third-order valence-corrected chi connectivity index (χ3v) is 7.86. The zero-order valence-electron chi connectivity index (χ0n) is 31.9. The number of esters is 2. The van der Waals surface area contributed by atoms with Gasteiger partial charge in [0.1, 0.15) is 6.61 Å². The Morgan fingerprint density at radius 1 is 0.480 bits per heavy atom. The summed E-state index contributed by atoms with van der Waals surface area (Å²) in [7, 11) is 0. The summed E-state index contributed by atoms with van der Waals surface area (Å²) in [5.41, 5.74) is 0. The number of carbonyl (C=O) groups is 2. The van der Waals surface area contributed by atoms with Gasteiger partial charge in [0.25, 0.3) is 0 Å². The molecule has 0 aliphatic heterocycles. The molecule has 0 aromatic rings. The minimum Gasteiger partial charge on any atom is -0.462 e. The van der Waals surface area contributed by atoms with E-state index >= 15 is 0 Å². The van der Waals surface area contributed by atoms with Crippen molar-refractivity contribution in [1.29, 1.82) is 0 Å². The van der Waals surface area contributed by atoms with Crippen LogP contribution in [0.4, 0.5) is 0 Å². The van der Waals surface area contributed by atoms with Crippen molar-refractivity contribution in [3.8, 4) is 0 Å². The molecule has 0 aromatic carbocycles. The normalized spacial score (nSPS) is 13.3. The summed E-state index contributed by atoms with van der Waals surface area (Å²) in [4.78, 5) is 24.3. The Morgan fingerprint density at radius 3 is 1.30 bits per heavy atom. The number of aliphatic hydroxyl groups is 1. The van der Waals surface area contributed by atoms with Crippen molar-refractivity contribution in [2.45, 2.75) is 161 Å². The third kappa shape index (κ3) is 37.6. The van der Waals surface area contributed by atoms with E-state index in [2.05, 4.69) is 111 Å². The second-order valence-electron chi connectivity index (χ2n) is 12.6. The van der Waals surface area contributed by atoms with E-state index in [1.807, 2.05) is 0 Å². The zero-order valence-corrected chi connectivity index (χ0v) is 31.9. The molecule has 0 spiro atoms. The van der Waals surface area contributed by atoms with Gasteiger partial charge in [0.15, 0.2) is 6.10 Å². The summed E-state index contributed by atoms with van der Waals surface area (Å²) in [6, 6.07) is 0. The first kappa shape index (κ1) is 46.8. The number of carbonyl (C=O) groups excluding carboxylic acids is 2. The van der Waals surface area contributed by atoms with Crippen molar-refractivity contribution in [2.75, 3.05) is 13.2 Å². The fraction of sp³-hybridized carbons (Fsp3) is 0.600. The topological polar surface area (TPSA) is 72.8 Å². The fourth-order valence-corrected chi connectivity index (χ4v) is 4.88. The molecule has 0 heterocycles. The number of allylic oxidation sites excluding steroid dienone is 16. The standard InChI is InChI=1S/C45H72O5/c1-3-5-7-9-11-13-15-17-19-21-22-24-26-28-30-32-34-36-38-40-45(48)50-43(41-46)42-49-44(47)39-37-35-33-31-29-27-25-23-20-18-16-14-12-10-8-6-4-2/h5,7,11-14,17-20,22,24-25,27-28,30,43,46H,3-4,6,8-10,15-16,21,23,26,29,31-42H2,1-2H3/t43-/m0/s1. The number of aliphatic hydroxyl groups excluding tert-OH is 1. The second kappa shape index (κ2) is 40.3. The lowest BCUT2D eigenvalue weighted by atomic mass is 10.1. The first-order chi connectivity index (χ1) is 24.6. The Labute approximate surface area is 307 Å². The summed E-state index contributed by atoms with van der Waals surface area (Å²) in [6.07, 6.45) is 56.0. The summed E-state index contributed by atoms with van der Waals surface area (Å²) in [5.74, 6) is -0.664. The van der Waals surface area contributed by atoms with Gasteiger partial charge in [-0.15, -0.1) is 0 Å². The number of hydrogen-bond acceptors (Lipinski definition) is 5. The van der Waals surface area contributed by atoms with Crippen LogP contribution in [0, 0.1) is 0 Å². The highest BCUT2D eigenvalue weighted by atomic mass is 16.6. The number of rotatable bonds is 34. The molecule has 0 saturated carbocycles. The highest BCUT2D eigenvalue weighted by Gasteiger charge is 2.16. The third-order valence-electron chi connectivity index (χ3n) is 7.86. The molecule has 1 N–H and O–H groups in total. The Balaban J connectivity index is 3.72. The molecule has 5 nitrogen and oxygen atoms in total. The molecule has 0 bridgehead atoms. The lowest BCUT2D eigenvalue weighted by molar-refractivity contribution is -0.161. The molecule has 0 aliphatic rings. The molecule has 0 aromatic heterocycles. The van der Waals surface area contributed by atoms with Crippen LogP contribution in [0.3, 0.4) is 0 Å². The fourth-order valence-electron chi connectivity index (χ4n) is 4.88. The van der Waals surface area contributed by atoms with Crippen LogP contribution in [-0.4, -0.2) is 36.4 Å². The minimum absolute atomic E-state index is 0.0976. The van der Waals surface area contributed by atoms with E-state index in [0.717, 1.165) is 103 Å². The zero-order chi connectivity index (χ0) is 36.4. The van der Waals surface area contributed by atoms with Crippen molar-refractivity contribution in [2.24, 2.45) is 0 Å². The Kier molecular flexibility index (Phi) is 37.7. The molecule has 282 valence electrons. The molecular formula is C45H72O5. The van der Waals surface area contributed by atoms with E-state index < -0.39 is 6.10 Å². The van der Waals surface area contributed by atoms with Crippen LogP contribution in [0.1, 0.15) is 155 Å². The molecule has 0 unspecified atom stereocenters. The Morgan fingerprint density at radius 2 is 0.860 bits per heavy atom. The molecule has 0 aliphatic carbocycles.